The zero-order valence-electron chi connectivity index (χ0n) is 20.0. The fourth-order valence-corrected chi connectivity index (χ4v) is 4.55. The molecule has 1 saturated heterocycles. The Morgan fingerprint density at radius 3 is 2.14 bits per heavy atom. The third kappa shape index (κ3) is 5.72. The Kier molecular flexibility index (Phi) is 7.97. The highest BCUT2D eigenvalue weighted by Crippen LogP contribution is 2.27. The molecule has 0 aliphatic carbocycles. The van der Waals surface area contributed by atoms with E-state index in [1.54, 1.807) is 17.0 Å². The Bertz CT molecular complexity index is 1190. The summed E-state index contributed by atoms with van der Waals surface area (Å²) in [6, 6.07) is 20.3. The first-order chi connectivity index (χ1) is 17.3. The van der Waals surface area contributed by atoms with E-state index in [-0.39, 0.29) is 23.8 Å². The smallest absolute Gasteiger partial charge is 0.292 e. The van der Waals surface area contributed by atoms with Crippen molar-refractivity contribution >= 4 is 11.4 Å². The number of nitro benzene ring substituents is 1. The Hall–Kier alpha value is -3.34. The lowest BCUT2D eigenvalue weighted by molar-refractivity contribution is -0.384. The number of rotatable bonds is 8. The first-order valence-corrected chi connectivity index (χ1v) is 11.8. The summed E-state index contributed by atoms with van der Waals surface area (Å²) in [4.78, 5) is 12.7. The quantitative estimate of drug-likeness (QED) is 0.238. The second-order valence-electron chi connectivity index (χ2n) is 9.25. The first kappa shape index (κ1) is 25.7. The molecular formula is C27H31N3O6. The van der Waals surface area contributed by atoms with E-state index in [0.29, 0.717) is 18.8 Å². The summed E-state index contributed by atoms with van der Waals surface area (Å²) in [6.07, 6.45) is -3.57. The molecule has 9 nitrogen and oxygen atoms in total. The number of aliphatic hydroxyl groups is 4. The van der Waals surface area contributed by atoms with Crippen LogP contribution in [-0.4, -0.2) is 67.8 Å². The maximum absolute atomic E-state index is 11.3. The second-order valence-corrected chi connectivity index (χ2v) is 9.25. The van der Waals surface area contributed by atoms with Crippen molar-refractivity contribution in [1.82, 2.24) is 4.90 Å². The summed E-state index contributed by atoms with van der Waals surface area (Å²) >= 11 is 0. The SMILES string of the molecule is Cc1ccc(NCc2ccc(-c3ccc(CN4C[C@H](O)[C@@H](O)[C@H](O)[C@H]4CO)cc3)cc2)c([N+](=O)[O-])c1. The van der Waals surface area contributed by atoms with Gasteiger partial charge in [0, 0.05) is 25.7 Å². The van der Waals surface area contributed by atoms with E-state index < -0.39 is 24.4 Å². The number of anilines is 1. The van der Waals surface area contributed by atoms with E-state index in [1.807, 2.05) is 61.5 Å². The van der Waals surface area contributed by atoms with E-state index in [1.165, 1.54) is 0 Å². The van der Waals surface area contributed by atoms with Crippen LogP contribution in [0.1, 0.15) is 16.7 Å². The molecule has 5 N–H and O–H groups in total. The van der Waals surface area contributed by atoms with Gasteiger partial charge in [0.2, 0.25) is 0 Å². The van der Waals surface area contributed by atoms with Crippen LogP contribution in [-0.2, 0) is 13.1 Å². The Balaban J connectivity index is 1.39. The van der Waals surface area contributed by atoms with Gasteiger partial charge >= 0.3 is 0 Å². The molecule has 0 aromatic heterocycles. The summed E-state index contributed by atoms with van der Waals surface area (Å²) in [5.74, 6) is 0. The van der Waals surface area contributed by atoms with E-state index in [9.17, 15) is 30.5 Å². The molecule has 36 heavy (non-hydrogen) atoms. The molecule has 1 aliphatic heterocycles. The van der Waals surface area contributed by atoms with Crippen LogP contribution in [0.25, 0.3) is 11.1 Å². The van der Waals surface area contributed by atoms with E-state index in [0.717, 1.165) is 27.8 Å². The molecule has 190 valence electrons. The standard InChI is InChI=1S/C27H31N3O6/c1-17-2-11-22(23(12-17)30(35)36)28-13-18-3-7-20(8-4-18)21-9-5-19(6-10-21)14-29-15-25(32)27(34)26(33)24(29)16-31/h2-12,24-28,31-34H,13-16H2,1H3/t24-,25+,26-,27-/m1/s1. The molecule has 0 unspecified atom stereocenters. The average Bonchev–Trinajstić information content (AvgIpc) is 2.87. The minimum absolute atomic E-state index is 0.0572. The maximum atomic E-state index is 11.3. The molecule has 0 spiro atoms. The van der Waals surface area contributed by atoms with Crippen molar-refractivity contribution in [3.8, 4) is 11.1 Å². The van der Waals surface area contributed by atoms with Crippen LogP contribution < -0.4 is 5.32 Å². The molecule has 1 heterocycles. The van der Waals surface area contributed by atoms with Gasteiger partial charge in [-0.05, 0) is 40.8 Å². The first-order valence-electron chi connectivity index (χ1n) is 11.8. The highest BCUT2D eigenvalue weighted by molar-refractivity contribution is 5.65. The van der Waals surface area contributed by atoms with Gasteiger partial charge in [0.15, 0.2) is 0 Å². The third-order valence-electron chi connectivity index (χ3n) is 6.68. The van der Waals surface area contributed by atoms with E-state index in [4.69, 9.17) is 0 Å². The molecule has 9 heteroatoms. The number of likely N-dealkylation sites (tertiary alicyclic amines) is 1. The van der Waals surface area contributed by atoms with Crippen LogP contribution >= 0.6 is 0 Å². The largest absolute Gasteiger partial charge is 0.395 e. The van der Waals surface area contributed by atoms with Gasteiger partial charge in [-0.25, -0.2) is 0 Å². The van der Waals surface area contributed by atoms with Crippen molar-refractivity contribution in [2.75, 3.05) is 18.5 Å². The molecule has 1 aliphatic rings. The minimum Gasteiger partial charge on any atom is -0.395 e. The third-order valence-corrected chi connectivity index (χ3v) is 6.68. The number of nitrogens with zero attached hydrogens (tertiary/aromatic N) is 2. The van der Waals surface area contributed by atoms with Gasteiger partial charge in [-0.2, -0.15) is 0 Å². The van der Waals surface area contributed by atoms with Crippen LogP contribution in [0.3, 0.4) is 0 Å². The zero-order chi connectivity index (χ0) is 25.8. The van der Waals surface area contributed by atoms with Crippen molar-refractivity contribution < 1.29 is 25.3 Å². The predicted molar refractivity (Wildman–Crippen MR) is 136 cm³/mol. The zero-order valence-corrected chi connectivity index (χ0v) is 20.0. The number of β-amino-alcohol motifs (C(OH)–C–C–N with tert-alkyl or cyclic N) is 1. The summed E-state index contributed by atoms with van der Waals surface area (Å²) in [5, 5.41) is 54.2. The monoisotopic (exact) mass is 493 g/mol. The molecular weight excluding hydrogens is 462 g/mol. The van der Waals surface area contributed by atoms with Crippen molar-refractivity contribution in [3.63, 3.8) is 0 Å². The van der Waals surface area contributed by atoms with Crippen molar-refractivity contribution in [3.05, 3.63) is 93.5 Å². The van der Waals surface area contributed by atoms with Gasteiger partial charge in [-0.3, -0.25) is 15.0 Å². The minimum atomic E-state index is -1.27. The summed E-state index contributed by atoms with van der Waals surface area (Å²) in [7, 11) is 0. The van der Waals surface area contributed by atoms with E-state index in [2.05, 4.69) is 5.32 Å². The number of nitro groups is 1. The molecule has 4 rings (SSSR count). The molecule has 4 atom stereocenters. The highest BCUT2D eigenvalue weighted by Gasteiger charge is 2.40. The molecule has 0 bridgehead atoms. The number of aliphatic hydroxyl groups excluding tert-OH is 4. The van der Waals surface area contributed by atoms with E-state index >= 15 is 0 Å². The van der Waals surface area contributed by atoms with Gasteiger partial charge in [0.25, 0.3) is 5.69 Å². The lowest BCUT2D eigenvalue weighted by atomic mass is 9.93. The number of aryl methyl sites for hydroxylation is 1. The van der Waals surface area contributed by atoms with Crippen LogP contribution in [0.4, 0.5) is 11.4 Å². The van der Waals surface area contributed by atoms with Crippen molar-refractivity contribution in [2.45, 2.75) is 44.4 Å². The van der Waals surface area contributed by atoms with Gasteiger partial charge in [0.1, 0.15) is 17.9 Å². The molecule has 0 amide bonds. The Morgan fingerprint density at radius 2 is 1.56 bits per heavy atom. The molecule has 3 aromatic rings. The number of nitrogens with one attached hydrogen (secondary N) is 1. The van der Waals surface area contributed by atoms with Crippen molar-refractivity contribution in [1.29, 1.82) is 0 Å². The van der Waals surface area contributed by atoms with Gasteiger partial charge in [0.05, 0.1) is 23.7 Å². The maximum Gasteiger partial charge on any atom is 0.292 e. The van der Waals surface area contributed by atoms with Gasteiger partial charge in [-0.1, -0.05) is 54.6 Å². The number of piperidine rings is 1. The Morgan fingerprint density at radius 1 is 0.944 bits per heavy atom. The fraction of sp³-hybridized carbons (Fsp3) is 0.333. The van der Waals surface area contributed by atoms with Crippen LogP contribution in [0, 0.1) is 17.0 Å². The molecule has 3 aromatic carbocycles. The average molecular weight is 494 g/mol. The second kappa shape index (κ2) is 11.2. The Labute approximate surface area is 209 Å². The molecule has 0 saturated carbocycles. The lowest BCUT2D eigenvalue weighted by Crippen LogP contribution is -2.62. The molecule has 1 fully saturated rings. The van der Waals surface area contributed by atoms with Crippen molar-refractivity contribution in [2.24, 2.45) is 0 Å². The fourth-order valence-electron chi connectivity index (χ4n) is 4.55. The summed E-state index contributed by atoms with van der Waals surface area (Å²) < 4.78 is 0. The summed E-state index contributed by atoms with van der Waals surface area (Å²) in [5.41, 5.74) is 5.35. The number of benzene rings is 3. The highest BCUT2D eigenvalue weighted by atomic mass is 16.6. The normalized spacial score (nSPS) is 22.4. The topological polar surface area (TPSA) is 139 Å². The predicted octanol–water partition coefficient (Wildman–Crippen LogP) is 2.44. The number of hydrogen-bond donors (Lipinski definition) is 5. The number of hydrogen-bond acceptors (Lipinski definition) is 8. The van der Waals surface area contributed by atoms with Crippen LogP contribution in [0.15, 0.2) is 66.7 Å². The van der Waals surface area contributed by atoms with Gasteiger partial charge < -0.3 is 25.7 Å². The summed E-state index contributed by atoms with van der Waals surface area (Å²) in [6.45, 7) is 2.54. The van der Waals surface area contributed by atoms with Gasteiger partial charge in [-0.15, -0.1) is 0 Å². The van der Waals surface area contributed by atoms with Crippen LogP contribution in [0.2, 0.25) is 0 Å². The lowest BCUT2D eigenvalue weighted by Gasteiger charge is -2.43. The van der Waals surface area contributed by atoms with Crippen LogP contribution in [0.5, 0.6) is 0 Å². The molecule has 0 radical (unpaired) electrons.